The molecule has 0 amide bonds. The lowest BCUT2D eigenvalue weighted by Gasteiger charge is -2.43. The fraction of sp³-hybridized carbons (Fsp3) is 0.667. The summed E-state index contributed by atoms with van der Waals surface area (Å²) in [4.78, 5) is 2.63. The highest BCUT2D eigenvalue weighted by molar-refractivity contribution is 5.14. The Labute approximate surface area is 124 Å². The Kier molecular flexibility index (Phi) is 5.62. The molecule has 2 N–H and O–H groups in total. The summed E-state index contributed by atoms with van der Waals surface area (Å²) in [5, 5.41) is 0. The lowest BCUT2D eigenvalue weighted by atomic mass is 9.84. The quantitative estimate of drug-likeness (QED) is 0.823. The first kappa shape index (κ1) is 15.5. The molecule has 1 heterocycles. The summed E-state index contributed by atoms with van der Waals surface area (Å²) >= 11 is 0. The monoisotopic (exact) mass is 274 g/mol. The average Bonchev–Trinajstić information content (AvgIpc) is 3.02. The average molecular weight is 274 g/mol. The fourth-order valence-electron chi connectivity index (χ4n) is 3.43. The molecule has 1 aliphatic rings. The molecular weight excluding hydrogens is 244 g/mol. The minimum absolute atomic E-state index is 0.188. The van der Waals surface area contributed by atoms with E-state index in [1.807, 2.05) is 0 Å². The summed E-state index contributed by atoms with van der Waals surface area (Å²) in [7, 11) is 0. The lowest BCUT2D eigenvalue weighted by Crippen LogP contribution is -2.56. The minimum atomic E-state index is 0.188. The number of nitrogens with two attached hydrogens (primary N) is 1. The van der Waals surface area contributed by atoms with Gasteiger partial charge in [-0.1, -0.05) is 37.3 Å². The number of likely N-dealkylation sites (tertiary alicyclic amines) is 1. The summed E-state index contributed by atoms with van der Waals surface area (Å²) in [6.45, 7) is 7.12. The predicted octanol–water partition coefficient (Wildman–Crippen LogP) is 3.60. The third kappa shape index (κ3) is 3.62. The molecule has 0 spiro atoms. The number of benzene rings is 1. The van der Waals surface area contributed by atoms with Crippen molar-refractivity contribution in [2.75, 3.05) is 13.1 Å². The summed E-state index contributed by atoms with van der Waals surface area (Å²) < 4.78 is 0. The molecule has 112 valence electrons. The molecule has 2 atom stereocenters. The summed E-state index contributed by atoms with van der Waals surface area (Å²) in [5.74, 6) is 0. The van der Waals surface area contributed by atoms with Gasteiger partial charge in [0, 0.05) is 11.6 Å². The minimum Gasteiger partial charge on any atom is -0.326 e. The second-order valence-corrected chi connectivity index (χ2v) is 6.39. The zero-order valence-electron chi connectivity index (χ0n) is 13.1. The predicted molar refractivity (Wildman–Crippen MR) is 86.9 cm³/mol. The first-order valence-corrected chi connectivity index (χ1v) is 8.21. The van der Waals surface area contributed by atoms with Gasteiger partial charge in [0.1, 0.15) is 0 Å². The first-order chi connectivity index (χ1) is 9.66. The second kappa shape index (κ2) is 7.24. The molecule has 0 aliphatic carbocycles. The maximum Gasteiger partial charge on any atom is 0.0329 e. The van der Waals surface area contributed by atoms with Crippen molar-refractivity contribution < 1.29 is 0 Å². The van der Waals surface area contributed by atoms with Crippen molar-refractivity contribution in [1.82, 2.24) is 4.90 Å². The van der Waals surface area contributed by atoms with E-state index in [0.717, 1.165) is 19.3 Å². The molecule has 2 nitrogen and oxygen atoms in total. The van der Waals surface area contributed by atoms with Crippen LogP contribution in [0.2, 0.25) is 0 Å². The lowest BCUT2D eigenvalue weighted by molar-refractivity contribution is 0.0957. The van der Waals surface area contributed by atoms with Crippen molar-refractivity contribution in [1.29, 1.82) is 0 Å². The van der Waals surface area contributed by atoms with Crippen LogP contribution >= 0.6 is 0 Å². The molecule has 1 fully saturated rings. The number of rotatable bonds is 7. The van der Waals surface area contributed by atoms with Gasteiger partial charge in [0.05, 0.1) is 0 Å². The molecule has 0 bridgehead atoms. The molecule has 2 unspecified atom stereocenters. The van der Waals surface area contributed by atoms with Gasteiger partial charge in [0.25, 0.3) is 0 Å². The third-order valence-electron chi connectivity index (χ3n) is 5.17. The number of aryl methyl sites for hydroxylation is 1. The van der Waals surface area contributed by atoms with Gasteiger partial charge in [-0.3, -0.25) is 4.90 Å². The van der Waals surface area contributed by atoms with Crippen LogP contribution in [0.15, 0.2) is 30.3 Å². The highest BCUT2D eigenvalue weighted by Crippen LogP contribution is 2.29. The molecule has 2 heteroatoms. The first-order valence-electron chi connectivity index (χ1n) is 8.21. The van der Waals surface area contributed by atoms with Crippen molar-refractivity contribution in [2.45, 2.75) is 64.0 Å². The second-order valence-electron chi connectivity index (χ2n) is 6.39. The summed E-state index contributed by atoms with van der Waals surface area (Å²) in [6.07, 6.45) is 7.29. The van der Waals surface area contributed by atoms with Crippen molar-refractivity contribution in [3.05, 3.63) is 35.9 Å². The van der Waals surface area contributed by atoms with Crippen LogP contribution in [0, 0.1) is 0 Å². The molecule has 1 aliphatic heterocycles. The Morgan fingerprint density at radius 3 is 2.45 bits per heavy atom. The van der Waals surface area contributed by atoms with E-state index >= 15 is 0 Å². The molecule has 0 saturated carbocycles. The normalized spacial score (nSPS) is 20.8. The van der Waals surface area contributed by atoms with E-state index in [-0.39, 0.29) is 11.6 Å². The molecule has 1 saturated heterocycles. The summed E-state index contributed by atoms with van der Waals surface area (Å²) in [6, 6.07) is 11.0. The Hall–Kier alpha value is -0.860. The molecular formula is C18H30N2. The van der Waals surface area contributed by atoms with E-state index in [2.05, 4.69) is 49.1 Å². The van der Waals surface area contributed by atoms with Gasteiger partial charge < -0.3 is 5.73 Å². The third-order valence-corrected chi connectivity index (χ3v) is 5.17. The van der Waals surface area contributed by atoms with E-state index in [1.54, 1.807) is 0 Å². The molecule has 0 aromatic heterocycles. The van der Waals surface area contributed by atoms with E-state index < -0.39 is 0 Å². The number of hydrogen-bond acceptors (Lipinski definition) is 2. The highest BCUT2D eigenvalue weighted by atomic mass is 15.2. The molecule has 1 aromatic carbocycles. The smallest absolute Gasteiger partial charge is 0.0329 e. The van der Waals surface area contributed by atoms with Crippen LogP contribution in [0.25, 0.3) is 0 Å². The maximum absolute atomic E-state index is 6.57. The van der Waals surface area contributed by atoms with Crippen LogP contribution in [-0.2, 0) is 6.42 Å². The van der Waals surface area contributed by atoms with Gasteiger partial charge in [0.2, 0.25) is 0 Å². The molecule has 0 radical (unpaired) electrons. The maximum atomic E-state index is 6.57. The Morgan fingerprint density at radius 1 is 1.20 bits per heavy atom. The van der Waals surface area contributed by atoms with Crippen LogP contribution in [0.3, 0.4) is 0 Å². The van der Waals surface area contributed by atoms with Crippen LogP contribution in [0.1, 0.15) is 51.5 Å². The van der Waals surface area contributed by atoms with E-state index in [0.29, 0.717) is 0 Å². The van der Waals surface area contributed by atoms with E-state index in [9.17, 15) is 0 Å². The largest absolute Gasteiger partial charge is 0.326 e. The summed E-state index contributed by atoms with van der Waals surface area (Å²) in [5.41, 5.74) is 8.18. The Morgan fingerprint density at radius 2 is 1.85 bits per heavy atom. The van der Waals surface area contributed by atoms with E-state index in [1.165, 1.54) is 37.9 Å². The van der Waals surface area contributed by atoms with Crippen molar-refractivity contribution in [2.24, 2.45) is 5.73 Å². The molecule has 20 heavy (non-hydrogen) atoms. The van der Waals surface area contributed by atoms with Crippen molar-refractivity contribution >= 4 is 0 Å². The van der Waals surface area contributed by atoms with Gasteiger partial charge >= 0.3 is 0 Å². The SMILES string of the molecule is CCC(C)(C(N)CCCc1ccccc1)N1CCCC1. The van der Waals surface area contributed by atoms with Crippen molar-refractivity contribution in [3.8, 4) is 0 Å². The van der Waals surface area contributed by atoms with Crippen LogP contribution < -0.4 is 5.73 Å². The van der Waals surface area contributed by atoms with Crippen LogP contribution in [0.5, 0.6) is 0 Å². The molecule has 2 rings (SSSR count). The van der Waals surface area contributed by atoms with Gasteiger partial charge in [-0.25, -0.2) is 0 Å². The van der Waals surface area contributed by atoms with Crippen LogP contribution in [-0.4, -0.2) is 29.6 Å². The Bertz CT molecular complexity index is 384. The standard InChI is InChI=1S/C18H30N2/c1-3-18(2,20-14-7-8-15-20)17(19)13-9-12-16-10-5-4-6-11-16/h4-6,10-11,17H,3,7-9,12-15,19H2,1-2H3. The zero-order valence-corrected chi connectivity index (χ0v) is 13.1. The van der Waals surface area contributed by atoms with Gasteiger partial charge in [0.15, 0.2) is 0 Å². The van der Waals surface area contributed by atoms with E-state index in [4.69, 9.17) is 5.73 Å². The van der Waals surface area contributed by atoms with Gasteiger partial charge in [-0.05, 0) is 64.1 Å². The zero-order chi connectivity index (χ0) is 14.4. The van der Waals surface area contributed by atoms with Crippen molar-refractivity contribution in [3.63, 3.8) is 0 Å². The fourth-order valence-corrected chi connectivity index (χ4v) is 3.43. The topological polar surface area (TPSA) is 29.3 Å². The van der Waals surface area contributed by atoms with Gasteiger partial charge in [-0.2, -0.15) is 0 Å². The molecule has 1 aromatic rings. The highest BCUT2D eigenvalue weighted by Gasteiger charge is 2.36. The number of hydrogen-bond donors (Lipinski definition) is 1. The van der Waals surface area contributed by atoms with Gasteiger partial charge in [-0.15, -0.1) is 0 Å². The Balaban J connectivity index is 1.84. The number of nitrogens with zero attached hydrogens (tertiary/aromatic N) is 1. The van der Waals surface area contributed by atoms with Crippen LogP contribution in [0.4, 0.5) is 0 Å².